The minimum atomic E-state index is -0.585. The van der Waals surface area contributed by atoms with E-state index in [0.717, 1.165) is 69.9 Å². The van der Waals surface area contributed by atoms with Crippen molar-refractivity contribution < 1.29 is 19.5 Å². The highest BCUT2D eigenvalue weighted by Crippen LogP contribution is 2.49. The molecule has 3 fully saturated rings. The van der Waals surface area contributed by atoms with Crippen molar-refractivity contribution >= 4 is 29.1 Å². The summed E-state index contributed by atoms with van der Waals surface area (Å²) < 4.78 is 0. The number of carbonyl (C=O) groups is 3. The second kappa shape index (κ2) is 15.0. The highest BCUT2D eigenvalue weighted by molar-refractivity contribution is 6.05. The molecule has 4 aliphatic heterocycles. The van der Waals surface area contributed by atoms with Crippen LogP contribution in [-0.4, -0.2) is 84.5 Å². The molecule has 9 nitrogen and oxygen atoms in total. The highest BCUT2D eigenvalue weighted by Gasteiger charge is 2.40. The fourth-order valence-electron chi connectivity index (χ4n) is 11.1. The highest BCUT2D eigenvalue weighted by atomic mass is 16.3. The number of hydrogen-bond donors (Lipinski definition) is 2. The Bertz CT molecular complexity index is 2200. The molecular weight excluding hydrogens is 711 g/mol. The number of phenolic OH excluding ortho intramolecular Hbond substituents is 1. The topological polar surface area (TPSA) is 96.4 Å². The number of rotatable bonds is 7. The quantitative estimate of drug-likeness (QED) is 0.207. The predicted octanol–water partition coefficient (Wildman–Crippen LogP) is 6.54. The molecule has 4 heterocycles. The fourth-order valence-corrected chi connectivity index (χ4v) is 11.1. The van der Waals surface area contributed by atoms with E-state index >= 15 is 0 Å². The number of nitrogens with one attached hydrogen (secondary N) is 1. The predicted molar refractivity (Wildman–Crippen MR) is 222 cm³/mol. The van der Waals surface area contributed by atoms with Gasteiger partial charge in [0.05, 0.1) is 0 Å². The summed E-state index contributed by atoms with van der Waals surface area (Å²) in [5.74, 6) is 1.03. The van der Waals surface area contributed by atoms with Crippen LogP contribution in [0.1, 0.15) is 99.7 Å². The summed E-state index contributed by atoms with van der Waals surface area (Å²) in [6.07, 6.45) is 8.80. The summed E-state index contributed by atoms with van der Waals surface area (Å²) in [5, 5.41) is 12.7. The number of aromatic hydroxyl groups is 1. The molecule has 0 spiro atoms. The van der Waals surface area contributed by atoms with Crippen molar-refractivity contribution in [3.8, 4) is 5.75 Å². The van der Waals surface area contributed by atoms with Gasteiger partial charge in [0.15, 0.2) is 0 Å². The largest absolute Gasteiger partial charge is 0.508 e. The number of imide groups is 1. The zero-order valence-electron chi connectivity index (χ0n) is 32.8. The SMILES string of the molecule is O=C1CC[C@H](N2Cc3cc(N4CCN(CC5CCN(c6ccc([C@@H]7c8ccc(O)cc8CC[C@@H]7c7cccc8c7CCC8)cc6)CC5)CC4)ccc3C2=O)C(=O)N1. The smallest absolute Gasteiger partial charge is 0.255 e. The molecule has 57 heavy (non-hydrogen) atoms. The number of amides is 3. The Morgan fingerprint density at radius 1 is 0.667 bits per heavy atom. The van der Waals surface area contributed by atoms with E-state index in [0.29, 0.717) is 36.1 Å². The molecule has 0 unspecified atom stereocenters. The van der Waals surface area contributed by atoms with Crippen LogP contribution >= 0.6 is 0 Å². The van der Waals surface area contributed by atoms with E-state index < -0.39 is 6.04 Å². The van der Waals surface area contributed by atoms with Crippen LogP contribution < -0.4 is 15.1 Å². The van der Waals surface area contributed by atoms with Gasteiger partial charge in [-0.1, -0.05) is 36.4 Å². The number of nitrogens with zero attached hydrogens (tertiary/aromatic N) is 4. The van der Waals surface area contributed by atoms with Crippen molar-refractivity contribution in [3.05, 3.63) is 123 Å². The lowest BCUT2D eigenvalue weighted by Crippen LogP contribution is -2.52. The molecule has 0 bridgehead atoms. The lowest BCUT2D eigenvalue weighted by molar-refractivity contribution is -0.136. The normalized spacial score (nSPS) is 24.0. The summed E-state index contributed by atoms with van der Waals surface area (Å²) in [4.78, 5) is 46.6. The van der Waals surface area contributed by atoms with Gasteiger partial charge in [0, 0.05) is 81.6 Å². The summed E-state index contributed by atoms with van der Waals surface area (Å²) in [6, 6.07) is 28.0. The van der Waals surface area contributed by atoms with Gasteiger partial charge in [-0.2, -0.15) is 0 Å². The number of phenols is 1. The van der Waals surface area contributed by atoms with Gasteiger partial charge in [-0.15, -0.1) is 0 Å². The second-order valence-electron chi connectivity index (χ2n) is 17.4. The van der Waals surface area contributed by atoms with Crippen LogP contribution in [-0.2, 0) is 35.4 Å². The molecule has 3 atom stereocenters. The Labute approximate surface area is 335 Å². The van der Waals surface area contributed by atoms with Crippen molar-refractivity contribution in [2.24, 2.45) is 5.92 Å². The maximum atomic E-state index is 13.2. The minimum Gasteiger partial charge on any atom is -0.508 e. The molecule has 2 aliphatic carbocycles. The molecule has 0 saturated carbocycles. The Morgan fingerprint density at radius 2 is 1.46 bits per heavy atom. The number of carbonyl (C=O) groups excluding carboxylic acids is 3. The van der Waals surface area contributed by atoms with E-state index in [-0.39, 0.29) is 30.1 Å². The molecule has 2 N–H and O–H groups in total. The van der Waals surface area contributed by atoms with Gasteiger partial charge in [0.25, 0.3) is 5.91 Å². The van der Waals surface area contributed by atoms with E-state index in [1.54, 1.807) is 21.6 Å². The fraction of sp³-hybridized carbons (Fsp3) is 0.438. The molecule has 9 heteroatoms. The summed E-state index contributed by atoms with van der Waals surface area (Å²) >= 11 is 0. The molecule has 4 aromatic rings. The van der Waals surface area contributed by atoms with Gasteiger partial charge in [-0.05, 0) is 145 Å². The number of piperidine rings is 2. The van der Waals surface area contributed by atoms with E-state index in [1.165, 1.54) is 54.5 Å². The zero-order chi connectivity index (χ0) is 38.6. The second-order valence-corrected chi connectivity index (χ2v) is 17.4. The van der Waals surface area contributed by atoms with Crippen LogP contribution in [0.5, 0.6) is 5.75 Å². The third-order valence-electron chi connectivity index (χ3n) is 14.2. The van der Waals surface area contributed by atoms with Crippen LogP contribution in [0, 0.1) is 5.92 Å². The monoisotopic (exact) mass is 763 g/mol. The molecule has 10 rings (SSSR count). The Hall–Kier alpha value is -5.15. The van der Waals surface area contributed by atoms with Crippen LogP contribution in [0.25, 0.3) is 0 Å². The Kier molecular flexibility index (Phi) is 9.51. The summed E-state index contributed by atoms with van der Waals surface area (Å²) in [5.41, 5.74) is 12.8. The van der Waals surface area contributed by atoms with Crippen LogP contribution in [0.15, 0.2) is 78.9 Å². The Morgan fingerprint density at radius 3 is 2.26 bits per heavy atom. The van der Waals surface area contributed by atoms with Gasteiger partial charge in [-0.3, -0.25) is 24.6 Å². The van der Waals surface area contributed by atoms with Crippen molar-refractivity contribution in [3.63, 3.8) is 0 Å². The van der Waals surface area contributed by atoms with E-state index in [9.17, 15) is 19.5 Å². The van der Waals surface area contributed by atoms with E-state index in [2.05, 4.69) is 80.7 Å². The number of fused-ring (bicyclic) bond motifs is 3. The van der Waals surface area contributed by atoms with Crippen LogP contribution in [0.3, 0.4) is 0 Å². The maximum Gasteiger partial charge on any atom is 0.255 e. The van der Waals surface area contributed by atoms with Crippen LogP contribution in [0.2, 0.25) is 0 Å². The van der Waals surface area contributed by atoms with E-state index in [1.807, 2.05) is 18.2 Å². The molecular formula is C48H53N5O4. The number of aryl methyl sites for hydroxylation is 2. The molecule has 0 aromatic heterocycles. The average molecular weight is 764 g/mol. The molecule has 3 saturated heterocycles. The number of anilines is 2. The van der Waals surface area contributed by atoms with Crippen molar-refractivity contribution in [1.82, 2.24) is 15.1 Å². The zero-order valence-corrected chi connectivity index (χ0v) is 32.8. The number of hydrogen-bond acceptors (Lipinski definition) is 7. The maximum absolute atomic E-state index is 13.2. The first-order valence-electron chi connectivity index (χ1n) is 21.4. The first-order chi connectivity index (χ1) is 27.9. The van der Waals surface area contributed by atoms with Gasteiger partial charge < -0.3 is 19.8 Å². The van der Waals surface area contributed by atoms with Crippen molar-refractivity contribution in [1.29, 1.82) is 0 Å². The molecule has 4 aromatic carbocycles. The third-order valence-corrected chi connectivity index (χ3v) is 14.2. The van der Waals surface area contributed by atoms with Gasteiger partial charge >= 0.3 is 0 Å². The first-order valence-corrected chi connectivity index (χ1v) is 21.4. The van der Waals surface area contributed by atoms with Gasteiger partial charge in [-0.25, -0.2) is 0 Å². The van der Waals surface area contributed by atoms with E-state index in [4.69, 9.17) is 0 Å². The summed E-state index contributed by atoms with van der Waals surface area (Å²) in [6.45, 7) is 7.67. The van der Waals surface area contributed by atoms with Gasteiger partial charge in [0.1, 0.15) is 11.8 Å². The minimum absolute atomic E-state index is 0.119. The van der Waals surface area contributed by atoms with Crippen molar-refractivity contribution in [2.45, 2.75) is 82.2 Å². The number of benzene rings is 4. The molecule has 6 aliphatic rings. The lowest BCUT2D eigenvalue weighted by atomic mass is 9.68. The van der Waals surface area contributed by atoms with Gasteiger partial charge in [0.2, 0.25) is 11.8 Å². The summed E-state index contributed by atoms with van der Waals surface area (Å²) in [7, 11) is 0. The van der Waals surface area contributed by atoms with Crippen LogP contribution in [0.4, 0.5) is 11.4 Å². The standard InChI is InChI=1S/C48H53N5O4/c54-38-13-16-40-34(28-38)9-14-43(42-6-2-4-32-3-1-5-39(32)42)46(40)33-7-10-36(11-8-33)51-21-19-31(20-22-51)29-50-23-25-52(26-24-50)37-12-15-41-35(27-37)30-53(48(41)57)44-17-18-45(55)49-47(44)56/h2,4,6-8,10-13,15-16,27-28,31,43-44,46,54H,1,3,5,9,14,17-26,29-30H2,(H,49,55,56)/t43-,44+,46-/m1/s1. The lowest BCUT2D eigenvalue weighted by Gasteiger charge is -2.40. The molecule has 0 radical (unpaired) electrons. The number of piperazine rings is 1. The van der Waals surface area contributed by atoms with Crippen molar-refractivity contribution in [2.75, 3.05) is 55.6 Å². The Balaban J connectivity index is 0.744. The first kappa shape index (κ1) is 36.2. The third kappa shape index (κ3) is 6.88. The average Bonchev–Trinajstić information content (AvgIpc) is 3.85. The molecule has 294 valence electrons. The molecule has 3 amide bonds.